The first-order chi connectivity index (χ1) is 8.31. The Morgan fingerprint density at radius 1 is 0.941 bits per heavy atom. The van der Waals surface area contributed by atoms with Crippen molar-refractivity contribution in [2.45, 2.75) is 10.8 Å². The number of hydrogen-bond donors (Lipinski definition) is 0. The summed E-state index contributed by atoms with van der Waals surface area (Å²) in [6.07, 6.45) is 0.886. The maximum absolute atomic E-state index is 8.85. The van der Waals surface area contributed by atoms with Gasteiger partial charge in [0, 0.05) is 4.43 Å². The fourth-order valence-electron chi connectivity index (χ4n) is 1.73. The van der Waals surface area contributed by atoms with Gasteiger partial charge >= 0.3 is 0 Å². The number of rotatable bonds is 3. The van der Waals surface area contributed by atoms with Crippen LogP contribution in [0.2, 0.25) is 0 Å². The molecule has 0 saturated carbocycles. The van der Waals surface area contributed by atoms with Crippen molar-refractivity contribution >= 4 is 22.6 Å². The summed E-state index contributed by atoms with van der Waals surface area (Å²) >= 11 is 2.36. The third-order valence-corrected chi connectivity index (χ3v) is 3.52. The Bertz CT molecular complexity index is 538. The molecule has 17 heavy (non-hydrogen) atoms. The second kappa shape index (κ2) is 5.83. The predicted octanol–water partition coefficient (Wildman–Crippen LogP) is 4.08. The van der Waals surface area contributed by atoms with Crippen molar-refractivity contribution in [2.75, 3.05) is 0 Å². The van der Waals surface area contributed by atoms with E-state index in [-0.39, 0.29) is 0 Å². The largest absolute Gasteiger partial charge is 0.192 e. The van der Waals surface area contributed by atoms with Gasteiger partial charge < -0.3 is 0 Å². The molecule has 0 radical (unpaired) electrons. The average molecular weight is 333 g/mol. The van der Waals surface area contributed by atoms with Crippen molar-refractivity contribution in [3.05, 3.63) is 70.8 Å². The number of benzene rings is 2. The fraction of sp³-hybridized carbons (Fsp3) is 0.133. The van der Waals surface area contributed by atoms with E-state index in [4.69, 9.17) is 5.26 Å². The third kappa shape index (κ3) is 3.31. The van der Waals surface area contributed by atoms with Crippen LogP contribution in [0.5, 0.6) is 0 Å². The van der Waals surface area contributed by atoms with Gasteiger partial charge in [-0.2, -0.15) is 5.26 Å². The second-order valence-corrected chi connectivity index (χ2v) is 4.70. The Morgan fingerprint density at radius 2 is 1.65 bits per heavy atom. The molecule has 0 aromatic heterocycles. The van der Waals surface area contributed by atoms with Crippen LogP contribution in [0.4, 0.5) is 0 Å². The molecule has 0 fully saturated rings. The molecule has 2 rings (SSSR count). The molecule has 84 valence electrons. The van der Waals surface area contributed by atoms with Crippen LogP contribution in [-0.2, 0) is 10.8 Å². The highest BCUT2D eigenvalue weighted by Crippen LogP contribution is 2.13. The maximum atomic E-state index is 8.85. The van der Waals surface area contributed by atoms with Crippen molar-refractivity contribution in [1.29, 1.82) is 5.26 Å². The van der Waals surface area contributed by atoms with E-state index in [2.05, 4.69) is 59.0 Å². The van der Waals surface area contributed by atoms with Gasteiger partial charge in [-0.3, -0.25) is 0 Å². The topological polar surface area (TPSA) is 23.8 Å². The number of alkyl halides is 1. The van der Waals surface area contributed by atoms with Gasteiger partial charge in [0.1, 0.15) is 0 Å². The molecule has 0 amide bonds. The van der Waals surface area contributed by atoms with Crippen LogP contribution in [-0.4, -0.2) is 0 Å². The minimum atomic E-state index is 0.728. The molecule has 0 aliphatic carbocycles. The Balaban J connectivity index is 2.16. The predicted molar refractivity (Wildman–Crippen MR) is 78.1 cm³/mol. The van der Waals surface area contributed by atoms with Crippen LogP contribution < -0.4 is 0 Å². The average Bonchev–Trinajstić information content (AvgIpc) is 2.40. The van der Waals surface area contributed by atoms with Crippen LogP contribution in [0.3, 0.4) is 0 Å². The highest BCUT2D eigenvalue weighted by atomic mass is 127. The molecule has 0 spiro atoms. The van der Waals surface area contributed by atoms with Gasteiger partial charge in [0.05, 0.1) is 11.6 Å². The first kappa shape index (κ1) is 12.1. The summed E-state index contributed by atoms with van der Waals surface area (Å²) in [6.45, 7) is 0. The second-order valence-electron chi connectivity index (χ2n) is 3.94. The van der Waals surface area contributed by atoms with Crippen molar-refractivity contribution in [2.24, 2.45) is 0 Å². The lowest BCUT2D eigenvalue weighted by atomic mass is 10.0. The minimum absolute atomic E-state index is 0.728. The molecule has 0 bridgehead atoms. The lowest BCUT2D eigenvalue weighted by Gasteiger charge is -2.03. The zero-order valence-corrected chi connectivity index (χ0v) is 11.5. The monoisotopic (exact) mass is 333 g/mol. The Morgan fingerprint density at radius 3 is 2.29 bits per heavy atom. The lowest BCUT2D eigenvalue weighted by Crippen LogP contribution is -1.89. The van der Waals surface area contributed by atoms with Gasteiger partial charge in [0.2, 0.25) is 0 Å². The number of hydrogen-bond acceptors (Lipinski definition) is 1. The lowest BCUT2D eigenvalue weighted by molar-refractivity contribution is 1.18. The normalized spacial score (nSPS) is 9.88. The quantitative estimate of drug-likeness (QED) is 0.613. The van der Waals surface area contributed by atoms with E-state index in [0.717, 1.165) is 16.4 Å². The zero-order valence-electron chi connectivity index (χ0n) is 9.36. The van der Waals surface area contributed by atoms with Gasteiger partial charge in [-0.15, -0.1) is 0 Å². The van der Waals surface area contributed by atoms with Crippen LogP contribution in [0, 0.1) is 11.3 Å². The summed E-state index contributed by atoms with van der Waals surface area (Å²) < 4.78 is 1.04. The highest BCUT2D eigenvalue weighted by molar-refractivity contribution is 14.1. The maximum Gasteiger partial charge on any atom is 0.0991 e. The first-order valence-corrected chi connectivity index (χ1v) is 6.97. The zero-order chi connectivity index (χ0) is 12.1. The summed E-state index contributed by atoms with van der Waals surface area (Å²) in [5.41, 5.74) is 4.55. The highest BCUT2D eigenvalue weighted by Gasteiger charge is 1.98. The molecule has 0 aliphatic rings. The molecular weight excluding hydrogens is 321 g/mol. The standard InChI is InChI=1S/C15H12IN/c16-10-13-6-4-12(5-7-13)8-14-2-1-3-15(9-14)11-17/h1-7,9H,8,10H2. The van der Waals surface area contributed by atoms with E-state index in [1.54, 1.807) is 0 Å². The molecular formula is C15H12IN. The van der Waals surface area contributed by atoms with Gasteiger partial charge in [-0.05, 0) is 35.2 Å². The molecule has 0 saturated heterocycles. The molecule has 0 heterocycles. The van der Waals surface area contributed by atoms with E-state index in [9.17, 15) is 0 Å². The summed E-state index contributed by atoms with van der Waals surface area (Å²) in [7, 11) is 0. The first-order valence-electron chi connectivity index (χ1n) is 5.44. The van der Waals surface area contributed by atoms with Gasteiger partial charge in [-0.1, -0.05) is 59.0 Å². The molecule has 2 heteroatoms. The molecule has 0 atom stereocenters. The molecule has 1 nitrogen and oxygen atoms in total. The van der Waals surface area contributed by atoms with E-state index < -0.39 is 0 Å². The summed E-state index contributed by atoms with van der Waals surface area (Å²) in [4.78, 5) is 0. The number of nitrogens with zero attached hydrogens (tertiary/aromatic N) is 1. The summed E-state index contributed by atoms with van der Waals surface area (Å²) in [5.74, 6) is 0. The third-order valence-electron chi connectivity index (χ3n) is 2.64. The molecule has 0 N–H and O–H groups in total. The molecule has 2 aromatic rings. The Hall–Kier alpha value is -1.34. The number of nitriles is 1. The summed E-state index contributed by atoms with van der Waals surface area (Å²) in [5, 5.41) is 8.85. The Labute approximate surface area is 115 Å². The number of halogens is 1. The van der Waals surface area contributed by atoms with Crippen molar-refractivity contribution in [3.63, 3.8) is 0 Å². The van der Waals surface area contributed by atoms with Crippen molar-refractivity contribution in [1.82, 2.24) is 0 Å². The smallest absolute Gasteiger partial charge is 0.0991 e. The van der Waals surface area contributed by atoms with Crippen LogP contribution in [0.15, 0.2) is 48.5 Å². The van der Waals surface area contributed by atoms with E-state index in [1.807, 2.05) is 18.2 Å². The summed E-state index contributed by atoms with van der Waals surface area (Å²) in [6, 6.07) is 18.6. The van der Waals surface area contributed by atoms with E-state index >= 15 is 0 Å². The minimum Gasteiger partial charge on any atom is -0.192 e. The van der Waals surface area contributed by atoms with Crippen molar-refractivity contribution < 1.29 is 0 Å². The van der Waals surface area contributed by atoms with Gasteiger partial charge in [0.15, 0.2) is 0 Å². The molecule has 2 aromatic carbocycles. The van der Waals surface area contributed by atoms with Crippen molar-refractivity contribution in [3.8, 4) is 6.07 Å². The van der Waals surface area contributed by atoms with Crippen LogP contribution in [0.1, 0.15) is 22.3 Å². The van der Waals surface area contributed by atoms with Crippen LogP contribution in [0.25, 0.3) is 0 Å². The van der Waals surface area contributed by atoms with Gasteiger partial charge in [-0.25, -0.2) is 0 Å². The SMILES string of the molecule is N#Cc1cccc(Cc2ccc(CI)cc2)c1. The van der Waals surface area contributed by atoms with Crippen LogP contribution >= 0.6 is 22.6 Å². The molecule has 0 aliphatic heterocycles. The Kier molecular flexibility index (Phi) is 4.16. The fourth-order valence-corrected chi connectivity index (χ4v) is 2.24. The molecule has 0 unspecified atom stereocenters. The van der Waals surface area contributed by atoms with E-state index in [1.165, 1.54) is 16.7 Å². The van der Waals surface area contributed by atoms with E-state index in [0.29, 0.717) is 0 Å². The van der Waals surface area contributed by atoms with Gasteiger partial charge in [0.25, 0.3) is 0 Å².